The summed E-state index contributed by atoms with van der Waals surface area (Å²) in [7, 11) is 0. The van der Waals surface area contributed by atoms with Gasteiger partial charge in [0, 0.05) is 10.7 Å². The van der Waals surface area contributed by atoms with Gasteiger partial charge in [0.1, 0.15) is 6.61 Å². The van der Waals surface area contributed by atoms with Crippen LogP contribution in [0.2, 0.25) is 5.02 Å². The minimum Gasteiger partial charge on any atom is -0.459 e. The molecule has 1 heterocycles. The number of hydrogen-bond acceptors (Lipinski definition) is 4. The van der Waals surface area contributed by atoms with Gasteiger partial charge in [-0.25, -0.2) is 4.79 Å². The SMILES string of the molecule is O=C(OCc1ccc(Cl)cc1)c1cccc(NC(=O)c2ccco2)c1. The highest BCUT2D eigenvalue weighted by Gasteiger charge is 2.12. The van der Waals surface area contributed by atoms with E-state index in [0.717, 1.165) is 5.56 Å². The number of rotatable bonds is 5. The van der Waals surface area contributed by atoms with E-state index in [1.54, 1.807) is 60.7 Å². The Bertz CT molecular complexity index is 873. The van der Waals surface area contributed by atoms with Gasteiger partial charge in [-0.15, -0.1) is 0 Å². The lowest BCUT2D eigenvalue weighted by atomic mass is 10.2. The topological polar surface area (TPSA) is 68.5 Å². The molecule has 0 radical (unpaired) electrons. The van der Waals surface area contributed by atoms with Crippen LogP contribution in [0.25, 0.3) is 0 Å². The Morgan fingerprint density at radius 1 is 1.04 bits per heavy atom. The first-order chi connectivity index (χ1) is 12.1. The third kappa shape index (κ3) is 4.49. The van der Waals surface area contributed by atoms with E-state index in [9.17, 15) is 9.59 Å². The van der Waals surface area contributed by atoms with Crippen molar-refractivity contribution in [3.05, 3.63) is 88.8 Å². The molecule has 0 aliphatic carbocycles. The van der Waals surface area contributed by atoms with Gasteiger partial charge in [0.15, 0.2) is 5.76 Å². The summed E-state index contributed by atoms with van der Waals surface area (Å²) >= 11 is 5.82. The maximum atomic E-state index is 12.2. The van der Waals surface area contributed by atoms with Crippen LogP contribution in [0.1, 0.15) is 26.5 Å². The highest BCUT2D eigenvalue weighted by molar-refractivity contribution is 6.30. The van der Waals surface area contributed by atoms with E-state index in [0.29, 0.717) is 16.3 Å². The second-order valence-electron chi connectivity index (χ2n) is 5.21. The number of carbonyl (C=O) groups is 2. The minimum atomic E-state index is -0.482. The molecule has 2 aromatic carbocycles. The van der Waals surface area contributed by atoms with Crippen molar-refractivity contribution in [2.45, 2.75) is 6.61 Å². The van der Waals surface area contributed by atoms with Gasteiger partial charge in [0.2, 0.25) is 0 Å². The van der Waals surface area contributed by atoms with Crippen LogP contribution in [0.3, 0.4) is 0 Å². The molecule has 0 saturated heterocycles. The summed E-state index contributed by atoms with van der Waals surface area (Å²) in [5.41, 5.74) is 1.65. The Kier molecular flexibility index (Phi) is 5.16. The summed E-state index contributed by atoms with van der Waals surface area (Å²) in [6.07, 6.45) is 1.42. The number of benzene rings is 2. The second kappa shape index (κ2) is 7.68. The van der Waals surface area contributed by atoms with Crippen molar-refractivity contribution in [3.63, 3.8) is 0 Å². The van der Waals surface area contributed by atoms with Crippen molar-refractivity contribution in [2.75, 3.05) is 5.32 Å². The van der Waals surface area contributed by atoms with E-state index in [4.69, 9.17) is 20.8 Å². The van der Waals surface area contributed by atoms with E-state index in [2.05, 4.69) is 5.32 Å². The zero-order valence-corrected chi connectivity index (χ0v) is 13.8. The van der Waals surface area contributed by atoms with Crippen LogP contribution in [-0.2, 0) is 11.3 Å². The summed E-state index contributed by atoms with van der Waals surface area (Å²) < 4.78 is 10.3. The Morgan fingerprint density at radius 2 is 1.84 bits per heavy atom. The number of hydrogen-bond donors (Lipinski definition) is 1. The van der Waals surface area contributed by atoms with Crippen LogP contribution < -0.4 is 5.32 Å². The Morgan fingerprint density at radius 3 is 2.56 bits per heavy atom. The van der Waals surface area contributed by atoms with Crippen molar-refractivity contribution in [2.24, 2.45) is 0 Å². The van der Waals surface area contributed by atoms with Crippen molar-refractivity contribution in [1.29, 1.82) is 0 Å². The first-order valence-corrected chi connectivity index (χ1v) is 7.86. The van der Waals surface area contributed by atoms with E-state index < -0.39 is 11.9 Å². The molecule has 1 N–H and O–H groups in total. The van der Waals surface area contributed by atoms with Crippen LogP contribution in [0, 0.1) is 0 Å². The van der Waals surface area contributed by atoms with Crippen LogP contribution >= 0.6 is 11.6 Å². The number of halogens is 1. The Labute approximate surface area is 149 Å². The third-order valence-electron chi connectivity index (χ3n) is 3.38. The van der Waals surface area contributed by atoms with Crippen molar-refractivity contribution in [1.82, 2.24) is 0 Å². The zero-order valence-electron chi connectivity index (χ0n) is 13.1. The number of furan rings is 1. The number of nitrogens with one attached hydrogen (secondary N) is 1. The van der Waals surface area contributed by atoms with Gasteiger partial charge in [-0.2, -0.15) is 0 Å². The van der Waals surface area contributed by atoms with E-state index >= 15 is 0 Å². The number of amides is 1. The smallest absolute Gasteiger partial charge is 0.338 e. The summed E-state index contributed by atoms with van der Waals surface area (Å²) in [6, 6.07) is 16.7. The molecular weight excluding hydrogens is 342 g/mol. The summed E-state index contributed by atoms with van der Waals surface area (Å²) in [4.78, 5) is 24.1. The minimum absolute atomic E-state index is 0.138. The van der Waals surface area contributed by atoms with Gasteiger partial charge in [0.05, 0.1) is 11.8 Å². The molecule has 0 aliphatic heterocycles. The molecule has 3 rings (SSSR count). The third-order valence-corrected chi connectivity index (χ3v) is 3.64. The van der Waals surface area contributed by atoms with Crippen molar-refractivity contribution < 1.29 is 18.7 Å². The van der Waals surface area contributed by atoms with E-state index in [-0.39, 0.29) is 12.4 Å². The average molecular weight is 356 g/mol. The number of anilines is 1. The molecule has 0 unspecified atom stereocenters. The molecule has 1 aromatic heterocycles. The van der Waals surface area contributed by atoms with Gasteiger partial charge in [-0.05, 0) is 48.0 Å². The number of ether oxygens (including phenoxy) is 1. The first kappa shape index (κ1) is 16.8. The lowest BCUT2D eigenvalue weighted by Crippen LogP contribution is -2.12. The summed E-state index contributed by atoms with van der Waals surface area (Å²) in [5.74, 6) is -0.684. The molecule has 126 valence electrons. The summed E-state index contributed by atoms with van der Waals surface area (Å²) in [6.45, 7) is 0.138. The highest BCUT2D eigenvalue weighted by atomic mass is 35.5. The van der Waals surface area contributed by atoms with Crippen molar-refractivity contribution in [3.8, 4) is 0 Å². The van der Waals surface area contributed by atoms with Crippen LogP contribution in [0.4, 0.5) is 5.69 Å². The molecule has 0 bridgehead atoms. The molecule has 3 aromatic rings. The molecule has 0 atom stereocenters. The maximum absolute atomic E-state index is 12.2. The number of carbonyl (C=O) groups excluding carboxylic acids is 2. The Hall–Kier alpha value is -3.05. The van der Waals surface area contributed by atoms with Crippen LogP contribution in [-0.4, -0.2) is 11.9 Å². The quantitative estimate of drug-likeness (QED) is 0.682. The maximum Gasteiger partial charge on any atom is 0.338 e. The molecule has 0 saturated carbocycles. The normalized spacial score (nSPS) is 10.3. The average Bonchev–Trinajstić information content (AvgIpc) is 3.16. The molecule has 0 aliphatic rings. The summed E-state index contributed by atoms with van der Waals surface area (Å²) in [5, 5.41) is 3.28. The van der Waals surface area contributed by atoms with Gasteiger partial charge in [0.25, 0.3) is 5.91 Å². The van der Waals surface area contributed by atoms with Crippen LogP contribution in [0.5, 0.6) is 0 Å². The van der Waals surface area contributed by atoms with Crippen molar-refractivity contribution >= 4 is 29.2 Å². The lowest BCUT2D eigenvalue weighted by Gasteiger charge is -2.07. The molecule has 0 spiro atoms. The van der Waals surface area contributed by atoms with Gasteiger partial charge in [-0.3, -0.25) is 4.79 Å². The van der Waals surface area contributed by atoms with E-state index in [1.807, 2.05) is 0 Å². The van der Waals surface area contributed by atoms with E-state index in [1.165, 1.54) is 6.26 Å². The fraction of sp³-hybridized carbons (Fsp3) is 0.0526. The molecule has 25 heavy (non-hydrogen) atoms. The molecular formula is C19H14ClNO4. The monoisotopic (exact) mass is 355 g/mol. The second-order valence-corrected chi connectivity index (χ2v) is 5.65. The first-order valence-electron chi connectivity index (χ1n) is 7.48. The lowest BCUT2D eigenvalue weighted by molar-refractivity contribution is 0.0472. The number of esters is 1. The van der Waals surface area contributed by atoms with Gasteiger partial charge < -0.3 is 14.5 Å². The predicted octanol–water partition coefficient (Wildman–Crippen LogP) is 4.54. The molecule has 6 heteroatoms. The van der Waals surface area contributed by atoms with Gasteiger partial charge >= 0.3 is 5.97 Å². The molecule has 0 fully saturated rings. The standard InChI is InChI=1S/C19H14ClNO4/c20-15-8-6-13(7-9-15)12-25-19(23)14-3-1-4-16(11-14)21-18(22)17-5-2-10-24-17/h1-11H,12H2,(H,21,22). The van der Waals surface area contributed by atoms with Crippen LogP contribution in [0.15, 0.2) is 71.3 Å². The molecule has 5 nitrogen and oxygen atoms in total. The van der Waals surface area contributed by atoms with Gasteiger partial charge in [-0.1, -0.05) is 29.8 Å². The fourth-order valence-corrected chi connectivity index (χ4v) is 2.26. The Balaban J connectivity index is 1.63. The molecule has 1 amide bonds. The zero-order chi connectivity index (χ0) is 17.6. The fourth-order valence-electron chi connectivity index (χ4n) is 2.14. The highest BCUT2D eigenvalue weighted by Crippen LogP contribution is 2.15. The predicted molar refractivity (Wildman–Crippen MR) is 93.7 cm³/mol. The largest absolute Gasteiger partial charge is 0.459 e.